The van der Waals surface area contributed by atoms with Crippen LogP contribution in [0.5, 0.6) is 0 Å². The van der Waals surface area contributed by atoms with Gasteiger partial charge in [0.05, 0.1) is 12.5 Å². The summed E-state index contributed by atoms with van der Waals surface area (Å²) in [6.45, 7) is 5.95. The van der Waals surface area contributed by atoms with Gasteiger partial charge in [-0.2, -0.15) is 0 Å². The predicted molar refractivity (Wildman–Crippen MR) is 92.4 cm³/mol. The lowest BCUT2D eigenvalue weighted by molar-refractivity contribution is -0.115. The molecular formula is C19H22N2O2. The summed E-state index contributed by atoms with van der Waals surface area (Å²) in [4.78, 5) is 23.6. The van der Waals surface area contributed by atoms with Crippen LogP contribution in [0.3, 0.4) is 0 Å². The smallest absolute Gasteiger partial charge is 0.251 e. The third-order valence-corrected chi connectivity index (χ3v) is 3.64. The molecule has 2 aromatic rings. The van der Waals surface area contributed by atoms with Gasteiger partial charge in [-0.25, -0.2) is 0 Å². The third kappa shape index (κ3) is 3.97. The van der Waals surface area contributed by atoms with Crippen LogP contribution in [0.1, 0.15) is 48.3 Å². The Bertz CT molecular complexity index is 696. The van der Waals surface area contributed by atoms with E-state index in [1.165, 1.54) is 0 Å². The molecule has 1 atom stereocenters. The van der Waals surface area contributed by atoms with E-state index >= 15 is 0 Å². The standard InChI is InChI=1S/C17H16N2O2.C2H6/c1-11(12-5-3-2-4-6-12)18-17(21)13-7-8-15-14(9-13)10-16(20)19-15;1-2/h2-9,11H,10H2,1H3,(H,18,21)(H,19,20);1-2H3. The highest BCUT2D eigenvalue weighted by atomic mass is 16.2. The fourth-order valence-corrected chi connectivity index (χ4v) is 2.48. The molecule has 1 aliphatic rings. The number of hydrogen-bond donors (Lipinski definition) is 2. The van der Waals surface area contributed by atoms with Crippen molar-refractivity contribution in [2.75, 3.05) is 5.32 Å². The molecule has 4 heteroatoms. The maximum Gasteiger partial charge on any atom is 0.251 e. The maximum absolute atomic E-state index is 12.3. The van der Waals surface area contributed by atoms with Crippen molar-refractivity contribution in [1.82, 2.24) is 5.32 Å². The third-order valence-electron chi connectivity index (χ3n) is 3.64. The molecule has 1 unspecified atom stereocenters. The normalized spacial score (nSPS) is 13.3. The Balaban J connectivity index is 0.000000924. The number of rotatable bonds is 3. The van der Waals surface area contributed by atoms with Crippen molar-refractivity contribution >= 4 is 17.5 Å². The quantitative estimate of drug-likeness (QED) is 0.908. The van der Waals surface area contributed by atoms with Crippen LogP contribution in [-0.4, -0.2) is 11.8 Å². The Morgan fingerprint density at radius 2 is 1.83 bits per heavy atom. The molecular weight excluding hydrogens is 288 g/mol. The summed E-state index contributed by atoms with van der Waals surface area (Å²) in [5, 5.41) is 5.73. The minimum atomic E-state index is -0.131. The van der Waals surface area contributed by atoms with Gasteiger partial charge < -0.3 is 10.6 Å². The van der Waals surface area contributed by atoms with Crippen molar-refractivity contribution in [3.8, 4) is 0 Å². The fourth-order valence-electron chi connectivity index (χ4n) is 2.48. The molecule has 0 saturated heterocycles. The fraction of sp³-hybridized carbons (Fsp3) is 0.263. The van der Waals surface area contributed by atoms with Crippen LogP contribution in [0.4, 0.5) is 5.69 Å². The van der Waals surface area contributed by atoms with Crippen molar-refractivity contribution in [3.05, 3.63) is 65.2 Å². The molecule has 2 aromatic carbocycles. The SMILES string of the molecule is CC.CC(NC(=O)c1ccc2c(c1)CC(=O)N2)c1ccccc1. The van der Waals surface area contributed by atoms with Gasteiger partial charge in [0.1, 0.15) is 0 Å². The number of fused-ring (bicyclic) bond motifs is 1. The summed E-state index contributed by atoms with van der Waals surface area (Å²) in [5.41, 5.74) is 3.31. The van der Waals surface area contributed by atoms with Crippen molar-refractivity contribution in [2.24, 2.45) is 0 Å². The zero-order valence-corrected chi connectivity index (χ0v) is 13.7. The van der Waals surface area contributed by atoms with E-state index in [0.29, 0.717) is 12.0 Å². The van der Waals surface area contributed by atoms with Gasteiger partial charge >= 0.3 is 0 Å². The van der Waals surface area contributed by atoms with Crippen molar-refractivity contribution in [2.45, 2.75) is 33.2 Å². The molecule has 2 amide bonds. The van der Waals surface area contributed by atoms with Gasteiger partial charge in [-0.3, -0.25) is 9.59 Å². The average molecular weight is 310 g/mol. The number of benzene rings is 2. The second-order valence-electron chi connectivity index (χ2n) is 5.20. The predicted octanol–water partition coefficient (Wildman–Crippen LogP) is 3.70. The Morgan fingerprint density at radius 3 is 2.52 bits per heavy atom. The lowest BCUT2D eigenvalue weighted by atomic mass is 10.1. The van der Waals surface area contributed by atoms with Gasteiger partial charge in [0.15, 0.2) is 0 Å². The van der Waals surface area contributed by atoms with E-state index in [4.69, 9.17) is 0 Å². The van der Waals surface area contributed by atoms with E-state index in [9.17, 15) is 9.59 Å². The number of hydrogen-bond acceptors (Lipinski definition) is 2. The van der Waals surface area contributed by atoms with Crippen LogP contribution < -0.4 is 10.6 Å². The van der Waals surface area contributed by atoms with Gasteiger partial charge in [-0.05, 0) is 36.2 Å². The van der Waals surface area contributed by atoms with E-state index in [1.54, 1.807) is 18.2 Å². The van der Waals surface area contributed by atoms with E-state index < -0.39 is 0 Å². The molecule has 0 bridgehead atoms. The summed E-state index contributed by atoms with van der Waals surface area (Å²) in [6, 6.07) is 15.0. The van der Waals surface area contributed by atoms with Gasteiger partial charge in [-0.15, -0.1) is 0 Å². The summed E-state index contributed by atoms with van der Waals surface area (Å²) in [7, 11) is 0. The summed E-state index contributed by atoms with van der Waals surface area (Å²) in [5.74, 6) is -0.159. The van der Waals surface area contributed by atoms with Crippen LogP contribution in [-0.2, 0) is 11.2 Å². The highest BCUT2D eigenvalue weighted by molar-refractivity contribution is 6.01. The van der Waals surface area contributed by atoms with Crippen LogP contribution >= 0.6 is 0 Å². The van der Waals surface area contributed by atoms with E-state index in [1.807, 2.05) is 51.1 Å². The van der Waals surface area contributed by atoms with Gasteiger partial charge in [0.2, 0.25) is 5.91 Å². The van der Waals surface area contributed by atoms with Gasteiger partial charge in [-0.1, -0.05) is 44.2 Å². The Labute approximate surface area is 136 Å². The number of anilines is 1. The zero-order valence-electron chi connectivity index (χ0n) is 13.7. The molecule has 3 rings (SSSR count). The first-order valence-electron chi connectivity index (χ1n) is 7.92. The van der Waals surface area contributed by atoms with E-state index in [0.717, 1.165) is 16.8 Å². The summed E-state index contributed by atoms with van der Waals surface area (Å²) in [6.07, 6.45) is 0.338. The lowest BCUT2D eigenvalue weighted by Gasteiger charge is -2.14. The lowest BCUT2D eigenvalue weighted by Crippen LogP contribution is -2.26. The molecule has 1 heterocycles. The number of carbonyl (C=O) groups is 2. The maximum atomic E-state index is 12.3. The number of amides is 2. The Morgan fingerprint density at radius 1 is 1.13 bits per heavy atom. The first-order valence-corrected chi connectivity index (χ1v) is 7.92. The van der Waals surface area contributed by atoms with E-state index in [2.05, 4.69) is 10.6 Å². The Kier molecular flexibility index (Phi) is 5.52. The molecule has 0 saturated carbocycles. The monoisotopic (exact) mass is 310 g/mol. The molecule has 120 valence electrons. The van der Waals surface area contributed by atoms with Crippen molar-refractivity contribution in [1.29, 1.82) is 0 Å². The van der Waals surface area contributed by atoms with Crippen molar-refractivity contribution in [3.63, 3.8) is 0 Å². The average Bonchev–Trinajstić information content (AvgIpc) is 2.96. The topological polar surface area (TPSA) is 58.2 Å². The molecule has 0 radical (unpaired) electrons. The second kappa shape index (κ2) is 7.58. The Hall–Kier alpha value is -2.62. The molecule has 0 spiro atoms. The van der Waals surface area contributed by atoms with Crippen LogP contribution in [0.15, 0.2) is 48.5 Å². The van der Waals surface area contributed by atoms with Crippen LogP contribution in [0.25, 0.3) is 0 Å². The molecule has 0 fully saturated rings. The minimum Gasteiger partial charge on any atom is -0.346 e. The number of nitrogens with one attached hydrogen (secondary N) is 2. The molecule has 4 nitrogen and oxygen atoms in total. The second-order valence-corrected chi connectivity index (χ2v) is 5.20. The minimum absolute atomic E-state index is 0.0276. The highest BCUT2D eigenvalue weighted by Gasteiger charge is 2.19. The molecule has 1 aliphatic heterocycles. The molecule has 2 N–H and O–H groups in total. The first kappa shape index (κ1) is 16.7. The van der Waals surface area contributed by atoms with Crippen LogP contribution in [0.2, 0.25) is 0 Å². The summed E-state index contributed by atoms with van der Waals surface area (Å²) < 4.78 is 0. The molecule has 23 heavy (non-hydrogen) atoms. The zero-order chi connectivity index (χ0) is 16.8. The van der Waals surface area contributed by atoms with E-state index in [-0.39, 0.29) is 17.9 Å². The van der Waals surface area contributed by atoms with Gasteiger partial charge in [0, 0.05) is 11.3 Å². The van der Waals surface area contributed by atoms with Crippen LogP contribution in [0, 0.1) is 0 Å². The van der Waals surface area contributed by atoms with Crippen molar-refractivity contribution < 1.29 is 9.59 Å². The highest BCUT2D eigenvalue weighted by Crippen LogP contribution is 2.24. The molecule has 0 aliphatic carbocycles. The first-order chi connectivity index (χ1) is 11.1. The summed E-state index contributed by atoms with van der Waals surface area (Å²) >= 11 is 0. The largest absolute Gasteiger partial charge is 0.346 e. The molecule has 0 aromatic heterocycles. The van der Waals surface area contributed by atoms with Gasteiger partial charge in [0.25, 0.3) is 5.91 Å². The number of carbonyl (C=O) groups excluding carboxylic acids is 2.